The van der Waals surface area contributed by atoms with E-state index in [-0.39, 0.29) is 6.61 Å². The van der Waals surface area contributed by atoms with Crippen LogP contribution in [0.25, 0.3) is 0 Å². The fourth-order valence-corrected chi connectivity index (χ4v) is 1.17. The summed E-state index contributed by atoms with van der Waals surface area (Å²) in [5.41, 5.74) is 1.30. The first kappa shape index (κ1) is 19.7. The summed E-state index contributed by atoms with van der Waals surface area (Å²) < 4.78 is 14.0. The number of aliphatic hydroxyl groups excluding tert-OH is 1. The van der Waals surface area contributed by atoms with E-state index in [1.807, 2.05) is 0 Å². The molecular formula is C13H22N2O7. The summed E-state index contributed by atoms with van der Waals surface area (Å²) in [5, 5.41) is 10.2. The summed E-state index contributed by atoms with van der Waals surface area (Å²) in [7, 11) is 1.08. The number of hydrogen-bond donors (Lipinski definition) is 2. The first-order chi connectivity index (χ1) is 10.1. The van der Waals surface area contributed by atoms with Gasteiger partial charge in [-0.15, -0.1) is 0 Å². The van der Waals surface area contributed by atoms with E-state index in [4.69, 9.17) is 9.47 Å². The van der Waals surface area contributed by atoms with E-state index in [1.165, 1.54) is 6.08 Å². The highest BCUT2D eigenvalue weighted by Gasteiger charge is 2.27. The van der Waals surface area contributed by atoms with Gasteiger partial charge in [0.1, 0.15) is 12.2 Å². The van der Waals surface area contributed by atoms with Crippen molar-refractivity contribution in [3.8, 4) is 0 Å². The zero-order chi connectivity index (χ0) is 17.3. The molecule has 0 saturated heterocycles. The van der Waals surface area contributed by atoms with Crippen LogP contribution in [0.3, 0.4) is 0 Å². The third kappa shape index (κ3) is 8.10. The lowest BCUT2D eigenvalue weighted by atomic mass is 10.2. The van der Waals surface area contributed by atoms with E-state index in [2.05, 4.69) is 16.7 Å². The van der Waals surface area contributed by atoms with Gasteiger partial charge in [-0.3, -0.25) is 0 Å². The fourth-order valence-electron chi connectivity index (χ4n) is 1.17. The highest BCUT2D eigenvalue weighted by molar-refractivity contribution is 5.77. The molecule has 0 aliphatic rings. The Kier molecular flexibility index (Phi) is 7.95. The van der Waals surface area contributed by atoms with Gasteiger partial charge in [0.05, 0.1) is 13.7 Å². The Bertz CT molecular complexity index is 417. The summed E-state index contributed by atoms with van der Waals surface area (Å²) in [6.45, 7) is 7.60. The third-order valence-corrected chi connectivity index (χ3v) is 2.00. The Morgan fingerprint density at radius 2 is 1.95 bits per heavy atom. The standard InChI is InChI=1S/C13H22N2O7/c1-6-7-21-12(19)15(8-9(16)10(17)20-5)14-11(18)22-13(2,3)4/h6,9,16H,1,7-8H2,2-5H3,(H,14,18)/t9-/m1/s1. The van der Waals surface area contributed by atoms with Crippen molar-refractivity contribution in [2.24, 2.45) is 0 Å². The molecule has 0 aromatic heterocycles. The third-order valence-electron chi connectivity index (χ3n) is 2.00. The van der Waals surface area contributed by atoms with Gasteiger partial charge in [-0.05, 0) is 20.8 Å². The van der Waals surface area contributed by atoms with Crippen molar-refractivity contribution in [2.45, 2.75) is 32.5 Å². The van der Waals surface area contributed by atoms with Crippen molar-refractivity contribution in [1.82, 2.24) is 10.4 Å². The number of esters is 1. The Hall–Kier alpha value is -2.29. The van der Waals surface area contributed by atoms with Crippen LogP contribution < -0.4 is 5.43 Å². The molecular weight excluding hydrogens is 296 g/mol. The maximum absolute atomic E-state index is 11.8. The lowest BCUT2D eigenvalue weighted by Gasteiger charge is -2.26. The van der Waals surface area contributed by atoms with Gasteiger partial charge in [0, 0.05) is 0 Å². The molecule has 9 nitrogen and oxygen atoms in total. The molecule has 0 aliphatic carbocycles. The molecule has 0 aromatic rings. The van der Waals surface area contributed by atoms with Crippen LogP contribution in [0.15, 0.2) is 12.7 Å². The Labute approximate surface area is 128 Å². The molecule has 0 fully saturated rings. The van der Waals surface area contributed by atoms with Gasteiger partial charge >= 0.3 is 18.2 Å². The first-order valence-corrected chi connectivity index (χ1v) is 6.41. The van der Waals surface area contributed by atoms with Crippen LogP contribution in [-0.2, 0) is 19.0 Å². The largest absolute Gasteiger partial charge is 0.467 e. The second-order valence-corrected chi connectivity index (χ2v) is 5.13. The van der Waals surface area contributed by atoms with Crippen LogP contribution in [0.4, 0.5) is 9.59 Å². The molecule has 126 valence electrons. The number of carbonyl (C=O) groups is 3. The van der Waals surface area contributed by atoms with Crippen molar-refractivity contribution < 1.29 is 33.7 Å². The summed E-state index contributed by atoms with van der Waals surface area (Å²) >= 11 is 0. The molecule has 0 spiro atoms. The zero-order valence-electron chi connectivity index (χ0n) is 13.1. The van der Waals surface area contributed by atoms with Crippen LogP contribution in [0.5, 0.6) is 0 Å². The van der Waals surface area contributed by atoms with Crippen LogP contribution in [-0.4, -0.2) is 60.2 Å². The number of rotatable bonds is 5. The Morgan fingerprint density at radius 3 is 2.41 bits per heavy atom. The van der Waals surface area contributed by atoms with E-state index in [9.17, 15) is 19.5 Å². The minimum atomic E-state index is -1.66. The van der Waals surface area contributed by atoms with E-state index in [0.717, 1.165) is 7.11 Å². The first-order valence-electron chi connectivity index (χ1n) is 6.41. The molecule has 2 N–H and O–H groups in total. The van der Waals surface area contributed by atoms with Crippen LogP contribution in [0.2, 0.25) is 0 Å². The summed E-state index contributed by atoms with van der Waals surface area (Å²) in [5.74, 6) is -0.965. The summed E-state index contributed by atoms with van der Waals surface area (Å²) in [4.78, 5) is 34.6. The van der Waals surface area contributed by atoms with E-state index < -0.39 is 36.4 Å². The summed E-state index contributed by atoms with van der Waals surface area (Å²) in [6.07, 6.45) is -2.27. The van der Waals surface area contributed by atoms with Gasteiger partial charge in [-0.2, -0.15) is 0 Å². The second-order valence-electron chi connectivity index (χ2n) is 5.13. The number of hydrazine groups is 1. The molecule has 0 unspecified atom stereocenters. The quantitative estimate of drug-likeness (QED) is 0.330. The maximum atomic E-state index is 11.8. The number of nitrogens with zero attached hydrogens (tertiary/aromatic N) is 1. The number of carbonyl (C=O) groups excluding carboxylic acids is 3. The predicted octanol–water partition coefficient (Wildman–Crippen LogP) is 0.585. The van der Waals surface area contributed by atoms with Crippen molar-refractivity contribution in [3.63, 3.8) is 0 Å². The lowest BCUT2D eigenvalue weighted by Crippen LogP contribution is -2.52. The Balaban J connectivity index is 4.85. The van der Waals surface area contributed by atoms with Crippen molar-refractivity contribution >= 4 is 18.2 Å². The van der Waals surface area contributed by atoms with E-state index in [1.54, 1.807) is 20.8 Å². The fraction of sp³-hybridized carbons (Fsp3) is 0.615. The number of nitrogens with one attached hydrogen (secondary N) is 1. The molecule has 0 bridgehead atoms. The van der Waals surface area contributed by atoms with Crippen molar-refractivity contribution in [3.05, 3.63) is 12.7 Å². The Morgan fingerprint density at radius 1 is 1.36 bits per heavy atom. The van der Waals surface area contributed by atoms with Gasteiger partial charge in [-0.25, -0.2) is 24.8 Å². The van der Waals surface area contributed by atoms with Crippen LogP contribution >= 0.6 is 0 Å². The highest BCUT2D eigenvalue weighted by atomic mass is 16.6. The van der Waals surface area contributed by atoms with Gasteiger partial charge in [0.15, 0.2) is 6.10 Å². The molecule has 0 saturated carbocycles. The molecule has 0 radical (unpaired) electrons. The molecule has 0 aromatic carbocycles. The molecule has 0 aliphatic heterocycles. The lowest BCUT2D eigenvalue weighted by molar-refractivity contribution is -0.151. The predicted molar refractivity (Wildman–Crippen MR) is 75.6 cm³/mol. The van der Waals surface area contributed by atoms with Gasteiger partial charge in [0.25, 0.3) is 0 Å². The molecule has 0 heterocycles. The monoisotopic (exact) mass is 318 g/mol. The SMILES string of the molecule is C=CCOC(=O)N(C[C@@H](O)C(=O)OC)NC(=O)OC(C)(C)C. The molecule has 1 atom stereocenters. The number of aliphatic hydroxyl groups is 1. The smallest absolute Gasteiger partial charge is 0.429 e. The molecule has 9 heteroatoms. The zero-order valence-corrected chi connectivity index (χ0v) is 13.1. The molecule has 2 amide bonds. The van der Waals surface area contributed by atoms with Crippen LogP contribution in [0, 0.1) is 0 Å². The van der Waals surface area contributed by atoms with E-state index in [0.29, 0.717) is 5.01 Å². The summed E-state index contributed by atoms with van der Waals surface area (Å²) in [6, 6.07) is 0. The van der Waals surface area contributed by atoms with Gasteiger partial charge in [0.2, 0.25) is 0 Å². The minimum Gasteiger partial charge on any atom is -0.467 e. The average molecular weight is 318 g/mol. The normalized spacial score (nSPS) is 11.9. The maximum Gasteiger partial charge on any atom is 0.429 e. The number of hydrogen-bond acceptors (Lipinski definition) is 7. The highest BCUT2D eigenvalue weighted by Crippen LogP contribution is 2.07. The number of ether oxygens (including phenoxy) is 3. The molecule has 22 heavy (non-hydrogen) atoms. The number of amides is 2. The topological polar surface area (TPSA) is 114 Å². The van der Waals surface area contributed by atoms with Crippen molar-refractivity contribution in [1.29, 1.82) is 0 Å². The average Bonchev–Trinajstić information content (AvgIpc) is 2.40. The minimum absolute atomic E-state index is 0.111. The number of methoxy groups -OCH3 is 1. The second kappa shape index (κ2) is 8.88. The van der Waals surface area contributed by atoms with E-state index >= 15 is 0 Å². The van der Waals surface area contributed by atoms with Gasteiger partial charge in [-0.1, -0.05) is 12.7 Å². The molecule has 0 rings (SSSR count). The van der Waals surface area contributed by atoms with Crippen molar-refractivity contribution in [2.75, 3.05) is 20.3 Å². The van der Waals surface area contributed by atoms with Gasteiger partial charge < -0.3 is 19.3 Å². The van der Waals surface area contributed by atoms with Crippen LogP contribution in [0.1, 0.15) is 20.8 Å².